The van der Waals surface area contributed by atoms with Crippen LogP contribution in [0.2, 0.25) is 0 Å². The van der Waals surface area contributed by atoms with Crippen molar-refractivity contribution in [1.29, 1.82) is 0 Å². The van der Waals surface area contributed by atoms with Crippen LogP contribution in [-0.4, -0.2) is 59.5 Å². The van der Waals surface area contributed by atoms with E-state index in [-0.39, 0.29) is 5.88 Å². The van der Waals surface area contributed by atoms with E-state index in [0.29, 0.717) is 24.3 Å². The molecule has 0 radical (unpaired) electrons. The van der Waals surface area contributed by atoms with Gasteiger partial charge in [-0.05, 0) is 63.8 Å². The molecule has 1 aromatic carbocycles. The van der Waals surface area contributed by atoms with Crippen molar-refractivity contribution in [2.75, 3.05) is 37.7 Å². The molecule has 168 valence electrons. The van der Waals surface area contributed by atoms with Crippen LogP contribution in [0, 0.1) is 20.8 Å². The van der Waals surface area contributed by atoms with Gasteiger partial charge in [-0.15, -0.1) is 0 Å². The predicted molar refractivity (Wildman–Crippen MR) is 114 cm³/mol. The lowest BCUT2D eigenvalue weighted by molar-refractivity contribution is -0.759. The van der Waals surface area contributed by atoms with E-state index < -0.39 is 11.5 Å². The third kappa shape index (κ3) is 3.82. The number of benzene rings is 1. The maximum atomic E-state index is 13.1. The summed E-state index contributed by atoms with van der Waals surface area (Å²) in [7, 11) is 0. The van der Waals surface area contributed by atoms with Crippen LogP contribution in [0.25, 0.3) is 5.32 Å². The molecule has 0 spiro atoms. The van der Waals surface area contributed by atoms with Gasteiger partial charge in [0.2, 0.25) is 5.27 Å². The molecule has 1 N–H and O–H groups in total. The summed E-state index contributed by atoms with van der Waals surface area (Å²) in [5, 5.41) is 20.6. The maximum absolute atomic E-state index is 13.1. The summed E-state index contributed by atoms with van der Waals surface area (Å²) in [6.07, 6.45) is 2.74. The molecule has 1 atom stereocenters. The van der Waals surface area contributed by atoms with Crippen molar-refractivity contribution in [2.24, 2.45) is 0 Å². The van der Waals surface area contributed by atoms with Gasteiger partial charge in [0.05, 0.1) is 17.9 Å². The van der Waals surface area contributed by atoms with Crippen LogP contribution < -0.4 is 14.5 Å². The molecule has 1 aromatic heterocycles. The van der Waals surface area contributed by atoms with Gasteiger partial charge in [-0.1, -0.05) is 6.92 Å². The monoisotopic (exact) mass is 429 g/mol. The van der Waals surface area contributed by atoms with Gasteiger partial charge >= 0.3 is 0 Å². The van der Waals surface area contributed by atoms with Crippen molar-refractivity contribution in [2.45, 2.75) is 53.1 Å². The highest BCUT2D eigenvalue weighted by atomic mass is 16.5. The van der Waals surface area contributed by atoms with Gasteiger partial charge in [0.1, 0.15) is 28.9 Å². The van der Waals surface area contributed by atoms with Crippen molar-refractivity contribution in [1.82, 2.24) is 10.2 Å². The van der Waals surface area contributed by atoms with Crippen LogP contribution in [-0.2, 0) is 11.2 Å². The van der Waals surface area contributed by atoms with Crippen LogP contribution in [0.4, 0.5) is 5.88 Å². The number of hydrogen-bond donors (Lipinski definition) is 1. The summed E-state index contributed by atoms with van der Waals surface area (Å²) >= 11 is 0. The summed E-state index contributed by atoms with van der Waals surface area (Å²) in [6, 6.07) is 0. The second kappa shape index (κ2) is 8.03. The van der Waals surface area contributed by atoms with Gasteiger partial charge in [0.15, 0.2) is 0 Å². The Labute approximate surface area is 182 Å². The number of aromatic hydroxyl groups is 1. The topological polar surface area (TPSA) is 97.0 Å². The number of piperazine rings is 1. The van der Waals surface area contributed by atoms with Gasteiger partial charge in [-0.25, -0.2) is 0 Å². The third-order valence-electron chi connectivity index (χ3n) is 6.71. The van der Waals surface area contributed by atoms with E-state index in [9.17, 15) is 9.90 Å². The summed E-state index contributed by atoms with van der Waals surface area (Å²) in [5.74, 6) is 0.727. The predicted octanol–water partition coefficient (Wildman–Crippen LogP) is 2.18. The Morgan fingerprint density at radius 2 is 1.94 bits per heavy atom. The molecule has 1 unspecified atom stereocenters. The Kier molecular flexibility index (Phi) is 5.55. The molecule has 1 fully saturated rings. The van der Waals surface area contributed by atoms with Crippen LogP contribution in [0.3, 0.4) is 0 Å². The van der Waals surface area contributed by atoms with Crippen LogP contribution in [0.1, 0.15) is 42.5 Å². The summed E-state index contributed by atoms with van der Waals surface area (Å²) in [5.41, 5.74) is 2.28. The first-order valence-corrected chi connectivity index (χ1v) is 10.9. The molecule has 0 aliphatic carbocycles. The molecule has 0 saturated carbocycles. The number of amides is 1. The molecule has 0 bridgehead atoms. The van der Waals surface area contributed by atoms with E-state index in [1.54, 1.807) is 17.9 Å². The van der Waals surface area contributed by atoms with Crippen molar-refractivity contribution < 1.29 is 24.0 Å². The fraction of sp³-hybridized carbons (Fsp3) is 0.591. The molecule has 4 rings (SSSR count). The normalized spacial score (nSPS) is 21.5. The number of phenols is 1. The van der Waals surface area contributed by atoms with Crippen LogP contribution >= 0.6 is 0 Å². The van der Waals surface area contributed by atoms with E-state index in [1.807, 2.05) is 20.8 Å². The highest BCUT2D eigenvalue weighted by molar-refractivity contribution is 6.01. The lowest BCUT2D eigenvalue weighted by atomic mass is 9.86. The van der Waals surface area contributed by atoms with Crippen molar-refractivity contribution in [3.8, 4) is 11.5 Å². The number of likely N-dealkylation sites (N-methyl/N-ethyl adjacent to an activating group) is 1. The molecule has 3 heterocycles. The number of nitrogens with zero attached hydrogens (tertiary/aromatic N) is 5. The van der Waals surface area contributed by atoms with Crippen LogP contribution in [0.5, 0.6) is 11.5 Å². The van der Waals surface area contributed by atoms with E-state index in [4.69, 9.17) is 9.26 Å². The molecule has 9 heteroatoms. The standard InChI is InChI=1S/C22H31N5O4/c1-6-25-9-11-26(12-10-25)27-13-18(31-24-27)23-21(29)22(5)8-7-17-16(4)19(28)14(2)15(3)20(17)30-22/h13H,6-12H2,1-5H3,(H-,23,24,28,29). The number of phenolic OH excluding ortho intramolecular Hbond substituents is 1. The lowest BCUT2D eigenvalue weighted by Crippen LogP contribution is -2.65. The minimum absolute atomic E-state index is 0.160. The van der Waals surface area contributed by atoms with Gasteiger partial charge in [0.25, 0.3) is 6.20 Å². The Morgan fingerprint density at radius 3 is 2.61 bits per heavy atom. The quantitative estimate of drug-likeness (QED) is 0.744. The smallest absolute Gasteiger partial charge is 0.257 e. The number of hydrogen-bond acceptors (Lipinski definition) is 7. The summed E-state index contributed by atoms with van der Waals surface area (Å²) in [6.45, 7) is 14.2. The molecular weight excluding hydrogens is 398 g/mol. The fourth-order valence-corrected chi connectivity index (χ4v) is 4.29. The third-order valence-corrected chi connectivity index (χ3v) is 6.71. The van der Waals surface area contributed by atoms with Gasteiger partial charge in [0, 0.05) is 18.7 Å². The summed E-state index contributed by atoms with van der Waals surface area (Å²) in [4.78, 5) is 17.1. The molecular formula is C22H31N5O4. The molecule has 1 amide bonds. The van der Waals surface area contributed by atoms with Gasteiger partial charge < -0.3 is 24.5 Å². The van der Waals surface area contributed by atoms with Gasteiger partial charge in [-0.2, -0.15) is 5.01 Å². The molecule has 2 aliphatic heterocycles. The molecule has 2 aliphatic rings. The molecule has 31 heavy (non-hydrogen) atoms. The van der Waals surface area contributed by atoms with E-state index >= 15 is 0 Å². The first kappa shape index (κ1) is 21.4. The molecule has 9 nitrogen and oxygen atoms in total. The number of ether oxygens (including phenoxy) is 1. The molecule has 2 aromatic rings. The first-order valence-electron chi connectivity index (χ1n) is 10.9. The lowest BCUT2D eigenvalue weighted by Gasteiger charge is -2.40. The van der Waals surface area contributed by atoms with E-state index in [0.717, 1.165) is 55.0 Å². The zero-order valence-electron chi connectivity index (χ0n) is 18.9. The number of carbonyl (C=O) groups excluding carboxylic acids is 1. The number of carbonyl (C=O) groups is 1. The summed E-state index contributed by atoms with van der Waals surface area (Å²) < 4.78 is 11.5. The fourth-order valence-electron chi connectivity index (χ4n) is 4.29. The average Bonchev–Trinajstić information content (AvgIpc) is 3.24. The second-order valence-electron chi connectivity index (χ2n) is 8.63. The zero-order chi connectivity index (χ0) is 22.3. The van der Waals surface area contributed by atoms with Crippen molar-refractivity contribution in [3.63, 3.8) is 0 Å². The zero-order valence-corrected chi connectivity index (χ0v) is 18.9. The first-order chi connectivity index (χ1) is 14.7. The SMILES string of the molecule is CCN1CCN([n+]2cc([N-]C(=O)C3(C)CCc4c(C)c(O)c(C)c(C)c4O3)on2)CC1. The Bertz CT molecular complexity index is 996. The highest BCUT2D eigenvalue weighted by Crippen LogP contribution is 2.44. The Balaban J connectivity index is 1.47. The second-order valence-corrected chi connectivity index (χ2v) is 8.63. The minimum Gasteiger partial charge on any atom is -0.585 e. The maximum Gasteiger partial charge on any atom is 0.257 e. The largest absolute Gasteiger partial charge is 0.585 e. The van der Waals surface area contributed by atoms with Gasteiger partial charge in [-0.3, -0.25) is 4.90 Å². The van der Waals surface area contributed by atoms with Crippen molar-refractivity contribution >= 4 is 11.8 Å². The minimum atomic E-state index is -1.10. The molecule has 1 saturated heterocycles. The Hall–Kier alpha value is -2.81. The van der Waals surface area contributed by atoms with Crippen LogP contribution in [0.15, 0.2) is 10.7 Å². The number of fused-ring (bicyclic) bond motifs is 1. The van der Waals surface area contributed by atoms with Crippen molar-refractivity contribution in [3.05, 3.63) is 33.8 Å². The van der Waals surface area contributed by atoms with E-state index in [2.05, 4.69) is 27.4 Å². The average molecular weight is 430 g/mol. The Morgan fingerprint density at radius 1 is 1.23 bits per heavy atom. The number of aromatic nitrogens is 2. The highest BCUT2D eigenvalue weighted by Gasteiger charge is 2.37. The van der Waals surface area contributed by atoms with E-state index in [1.165, 1.54) is 0 Å². The number of rotatable bonds is 4.